The largest absolute Gasteiger partial charge is 0.421 e. The summed E-state index contributed by atoms with van der Waals surface area (Å²) < 4.78 is 52.7. The fourth-order valence-electron chi connectivity index (χ4n) is 2.42. The quantitative estimate of drug-likeness (QED) is 0.869. The second kappa shape index (κ2) is 6.01. The number of alkyl halides is 3. The first-order chi connectivity index (χ1) is 11.3. The number of aliphatic hydroxyl groups excluding tert-OH is 1. The molecule has 1 aromatic heterocycles. The van der Waals surface area contributed by atoms with Gasteiger partial charge in [-0.05, 0) is 36.6 Å². The number of halogens is 4. The summed E-state index contributed by atoms with van der Waals surface area (Å²) in [6, 6.07) is 5.65. The highest BCUT2D eigenvalue weighted by molar-refractivity contribution is 5.23. The minimum atomic E-state index is -4.79. The Labute approximate surface area is 134 Å². The maximum atomic E-state index is 13.1. The van der Waals surface area contributed by atoms with Crippen LogP contribution in [0.15, 0.2) is 35.1 Å². The van der Waals surface area contributed by atoms with Crippen molar-refractivity contribution in [3.8, 4) is 0 Å². The van der Waals surface area contributed by atoms with Gasteiger partial charge in [0, 0.05) is 5.92 Å². The van der Waals surface area contributed by atoms with Gasteiger partial charge in [0.05, 0.1) is 18.3 Å². The van der Waals surface area contributed by atoms with E-state index < -0.39 is 35.8 Å². The molecule has 1 N–H and O–H groups in total. The summed E-state index contributed by atoms with van der Waals surface area (Å²) in [7, 11) is 0. The number of rotatable bonds is 4. The van der Waals surface area contributed by atoms with E-state index in [4.69, 9.17) is 0 Å². The minimum Gasteiger partial charge on any atom is -0.386 e. The van der Waals surface area contributed by atoms with Gasteiger partial charge in [-0.2, -0.15) is 18.3 Å². The molecule has 1 fully saturated rings. The highest BCUT2D eigenvalue weighted by Crippen LogP contribution is 2.40. The smallest absolute Gasteiger partial charge is 0.386 e. The molecule has 1 aromatic carbocycles. The van der Waals surface area contributed by atoms with Gasteiger partial charge in [0.25, 0.3) is 5.56 Å². The Balaban J connectivity index is 1.96. The molecule has 1 heterocycles. The van der Waals surface area contributed by atoms with Crippen LogP contribution in [0.4, 0.5) is 17.6 Å². The fourth-order valence-corrected chi connectivity index (χ4v) is 2.42. The van der Waals surface area contributed by atoms with Crippen molar-refractivity contribution in [1.29, 1.82) is 0 Å². The van der Waals surface area contributed by atoms with Crippen LogP contribution in [0.2, 0.25) is 0 Å². The molecule has 0 aliphatic heterocycles. The summed E-state index contributed by atoms with van der Waals surface area (Å²) in [6.45, 7) is -0.436. The molecule has 8 heteroatoms. The molecular formula is C16H14F4N2O2. The molecule has 1 aliphatic rings. The van der Waals surface area contributed by atoms with Crippen LogP contribution in [-0.4, -0.2) is 14.9 Å². The number of aliphatic hydroxyl groups is 1. The van der Waals surface area contributed by atoms with Crippen LogP contribution in [0.3, 0.4) is 0 Å². The van der Waals surface area contributed by atoms with Gasteiger partial charge in [-0.15, -0.1) is 0 Å². The maximum absolute atomic E-state index is 13.1. The first kappa shape index (κ1) is 16.6. The zero-order valence-corrected chi connectivity index (χ0v) is 12.4. The van der Waals surface area contributed by atoms with E-state index >= 15 is 0 Å². The van der Waals surface area contributed by atoms with Crippen LogP contribution < -0.4 is 5.56 Å². The average Bonchev–Trinajstić information content (AvgIpc) is 3.33. The third-order valence-corrected chi connectivity index (χ3v) is 3.89. The summed E-state index contributed by atoms with van der Waals surface area (Å²) in [5.74, 6) is -0.586. The van der Waals surface area contributed by atoms with Crippen molar-refractivity contribution in [2.75, 3.05) is 0 Å². The highest BCUT2D eigenvalue weighted by Gasteiger charge is 2.37. The lowest BCUT2D eigenvalue weighted by Crippen LogP contribution is -2.33. The van der Waals surface area contributed by atoms with E-state index in [1.165, 1.54) is 12.1 Å². The Bertz CT molecular complexity index is 795. The number of nitrogens with zero attached hydrogens (tertiary/aromatic N) is 2. The van der Waals surface area contributed by atoms with E-state index in [9.17, 15) is 27.5 Å². The molecule has 0 saturated heterocycles. The van der Waals surface area contributed by atoms with Crippen molar-refractivity contribution < 1.29 is 22.7 Å². The van der Waals surface area contributed by atoms with Gasteiger partial charge < -0.3 is 5.11 Å². The van der Waals surface area contributed by atoms with Gasteiger partial charge in [0.2, 0.25) is 0 Å². The number of benzene rings is 1. The summed E-state index contributed by atoms with van der Waals surface area (Å²) in [5, 5.41) is 14.1. The van der Waals surface area contributed by atoms with E-state index in [0.29, 0.717) is 4.68 Å². The van der Waals surface area contributed by atoms with Gasteiger partial charge >= 0.3 is 6.18 Å². The van der Waals surface area contributed by atoms with Crippen molar-refractivity contribution in [3.63, 3.8) is 0 Å². The number of hydrogen-bond acceptors (Lipinski definition) is 3. The fraction of sp³-hybridized carbons (Fsp3) is 0.375. The highest BCUT2D eigenvalue weighted by atomic mass is 19.4. The van der Waals surface area contributed by atoms with Crippen LogP contribution in [0.5, 0.6) is 0 Å². The molecule has 0 radical (unpaired) electrons. The molecule has 1 atom stereocenters. The van der Waals surface area contributed by atoms with E-state index in [0.717, 1.165) is 31.0 Å². The van der Waals surface area contributed by atoms with Gasteiger partial charge in [0.15, 0.2) is 0 Å². The van der Waals surface area contributed by atoms with E-state index in [1.807, 2.05) is 0 Å². The Morgan fingerprint density at radius 1 is 1.25 bits per heavy atom. The topological polar surface area (TPSA) is 55.1 Å². The SMILES string of the molecule is O=c1c(C(F)(F)F)cc(C2CC2)nn1C[C@H](O)c1ccc(F)cc1. The third kappa shape index (κ3) is 3.48. The molecule has 128 valence electrons. The van der Waals surface area contributed by atoms with E-state index in [-0.39, 0.29) is 17.2 Å². The summed E-state index contributed by atoms with van der Waals surface area (Å²) in [4.78, 5) is 12.0. The van der Waals surface area contributed by atoms with Crippen LogP contribution in [-0.2, 0) is 12.7 Å². The zero-order valence-electron chi connectivity index (χ0n) is 12.4. The molecule has 1 saturated carbocycles. The van der Waals surface area contributed by atoms with Crippen LogP contribution in [0.25, 0.3) is 0 Å². The lowest BCUT2D eigenvalue weighted by atomic mass is 10.1. The van der Waals surface area contributed by atoms with Crippen molar-refractivity contribution in [3.05, 3.63) is 63.3 Å². The first-order valence-corrected chi connectivity index (χ1v) is 7.38. The van der Waals surface area contributed by atoms with Crippen LogP contribution in [0.1, 0.15) is 41.7 Å². The second-order valence-corrected chi connectivity index (χ2v) is 5.81. The summed E-state index contributed by atoms with van der Waals surface area (Å²) >= 11 is 0. The minimum absolute atomic E-state index is 0.0825. The predicted octanol–water partition coefficient (Wildman–Crippen LogP) is 3.01. The maximum Gasteiger partial charge on any atom is 0.421 e. The van der Waals surface area contributed by atoms with Crippen molar-refractivity contribution in [2.24, 2.45) is 0 Å². The first-order valence-electron chi connectivity index (χ1n) is 7.38. The van der Waals surface area contributed by atoms with Gasteiger partial charge in [-0.25, -0.2) is 9.07 Å². The van der Waals surface area contributed by atoms with Crippen molar-refractivity contribution in [1.82, 2.24) is 9.78 Å². The predicted molar refractivity (Wildman–Crippen MR) is 76.8 cm³/mol. The molecule has 0 bridgehead atoms. The molecular weight excluding hydrogens is 328 g/mol. The molecule has 2 aromatic rings. The number of hydrogen-bond donors (Lipinski definition) is 1. The van der Waals surface area contributed by atoms with Crippen molar-refractivity contribution >= 4 is 0 Å². The molecule has 0 spiro atoms. The number of aromatic nitrogens is 2. The molecule has 24 heavy (non-hydrogen) atoms. The average molecular weight is 342 g/mol. The lowest BCUT2D eigenvalue weighted by Gasteiger charge is -2.15. The molecule has 0 unspecified atom stereocenters. The monoisotopic (exact) mass is 342 g/mol. The zero-order chi connectivity index (χ0) is 17.5. The van der Waals surface area contributed by atoms with E-state index in [1.54, 1.807) is 0 Å². The summed E-state index contributed by atoms with van der Waals surface area (Å²) in [5.41, 5.74) is -2.09. The van der Waals surface area contributed by atoms with Crippen LogP contribution in [0, 0.1) is 5.82 Å². The van der Waals surface area contributed by atoms with Crippen molar-refractivity contribution in [2.45, 2.75) is 37.6 Å². The normalized spacial score (nSPS) is 16.2. The van der Waals surface area contributed by atoms with Gasteiger partial charge in [-0.1, -0.05) is 12.1 Å². The van der Waals surface area contributed by atoms with Gasteiger partial charge in [-0.3, -0.25) is 4.79 Å². The lowest BCUT2D eigenvalue weighted by molar-refractivity contribution is -0.139. The van der Waals surface area contributed by atoms with Gasteiger partial charge in [0.1, 0.15) is 11.4 Å². The molecule has 4 nitrogen and oxygen atoms in total. The third-order valence-electron chi connectivity index (χ3n) is 3.89. The summed E-state index contributed by atoms with van der Waals surface area (Å²) in [6.07, 6.45) is -4.61. The van der Waals surface area contributed by atoms with Crippen LogP contribution >= 0.6 is 0 Å². The standard InChI is InChI=1S/C16H14F4N2O2/c17-11-5-3-10(4-6-11)14(23)8-22-15(24)12(16(18,19)20)7-13(21-22)9-1-2-9/h3-7,9,14,23H,1-2,8H2/t14-/m0/s1. The Kier molecular flexibility index (Phi) is 4.16. The Hall–Kier alpha value is -2.22. The van der Waals surface area contributed by atoms with E-state index in [2.05, 4.69) is 5.10 Å². The Morgan fingerprint density at radius 2 is 1.88 bits per heavy atom. The Morgan fingerprint density at radius 3 is 2.42 bits per heavy atom. The second-order valence-electron chi connectivity index (χ2n) is 5.81. The molecule has 3 rings (SSSR count). The molecule has 0 amide bonds. The molecule has 1 aliphatic carbocycles.